The second-order valence-corrected chi connectivity index (χ2v) is 6.88. The SMILES string of the molecule is CCOc1cccc(N2CCC(NC(=O)c3cc(C)oc3C)CC2)c1[N+](=O)[O-]. The highest BCUT2D eigenvalue weighted by molar-refractivity contribution is 5.95. The molecule has 8 nitrogen and oxygen atoms in total. The average molecular weight is 387 g/mol. The number of furan rings is 1. The zero-order valence-electron chi connectivity index (χ0n) is 16.4. The number of nitro groups is 1. The number of carbonyl (C=O) groups is 1. The van der Waals surface area contributed by atoms with Gasteiger partial charge in [-0.15, -0.1) is 0 Å². The number of carbonyl (C=O) groups excluding carboxylic acids is 1. The van der Waals surface area contributed by atoms with E-state index in [0.29, 0.717) is 55.3 Å². The van der Waals surface area contributed by atoms with Crippen LogP contribution in [0.5, 0.6) is 5.75 Å². The molecule has 0 bridgehead atoms. The summed E-state index contributed by atoms with van der Waals surface area (Å²) in [4.78, 5) is 25.7. The molecule has 1 aliphatic heterocycles. The van der Waals surface area contributed by atoms with E-state index in [4.69, 9.17) is 9.15 Å². The first kappa shape index (κ1) is 19.7. The highest BCUT2D eigenvalue weighted by Gasteiger charge is 2.29. The summed E-state index contributed by atoms with van der Waals surface area (Å²) in [5.41, 5.74) is 1.11. The molecule has 2 aromatic rings. The number of nitrogens with one attached hydrogen (secondary N) is 1. The standard InChI is InChI=1S/C20H25N3O5/c1-4-27-18-7-5-6-17(19(18)23(25)26)22-10-8-15(9-11-22)21-20(24)16-12-13(2)28-14(16)3/h5-7,12,15H,4,8-11H2,1-3H3,(H,21,24). The number of amides is 1. The largest absolute Gasteiger partial charge is 0.487 e. The molecule has 0 atom stereocenters. The third-order valence-electron chi connectivity index (χ3n) is 4.92. The zero-order chi connectivity index (χ0) is 20.3. The van der Waals surface area contributed by atoms with E-state index >= 15 is 0 Å². The monoisotopic (exact) mass is 387 g/mol. The van der Waals surface area contributed by atoms with Crippen molar-refractivity contribution in [3.05, 3.63) is 51.5 Å². The van der Waals surface area contributed by atoms with Crippen LogP contribution in [-0.2, 0) is 0 Å². The molecule has 28 heavy (non-hydrogen) atoms. The molecule has 0 aliphatic carbocycles. The fourth-order valence-corrected chi connectivity index (χ4v) is 3.61. The number of anilines is 1. The smallest absolute Gasteiger partial charge is 0.333 e. The van der Waals surface area contributed by atoms with Crippen LogP contribution in [0.15, 0.2) is 28.7 Å². The van der Waals surface area contributed by atoms with Gasteiger partial charge in [-0.2, -0.15) is 0 Å². The summed E-state index contributed by atoms with van der Waals surface area (Å²) in [6, 6.07) is 6.89. The molecule has 150 valence electrons. The van der Waals surface area contributed by atoms with Crippen molar-refractivity contribution >= 4 is 17.3 Å². The average Bonchev–Trinajstić information content (AvgIpc) is 3.00. The fraction of sp³-hybridized carbons (Fsp3) is 0.450. The zero-order valence-corrected chi connectivity index (χ0v) is 16.4. The predicted molar refractivity (Wildman–Crippen MR) is 105 cm³/mol. The van der Waals surface area contributed by atoms with Crippen LogP contribution in [0, 0.1) is 24.0 Å². The number of nitro benzene ring substituents is 1. The van der Waals surface area contributed by atoms with Gasteiger partial charge in [0, 0.05) is 19.1 Å². The van der Waals surface area contributed by atoms with Crippen molar-refractivity contribution in [3.63, 3.8) is 0 Å². The lowest BCUT2D eigenvalue weighted by atomic mass is 10.0. The molecule has 1 fully saturated rings. The van der Waals surface area contributed by atoms with Crippen molar-refractivity contribution < 1.29 is 18.9 Å². The molecular weight excluding hydrogens is 362 g/mol. The molecule has 0 saturated carbocycles. The van der Waals surface area contributed by atoms with Crippen molar-refractivity contribution in [2.75, 3.05) is 24.6 Å². The van der Waals surface area contributed by atoms with Gasteiger partial charge in [0.1, 0.15) is 17.2 Å². The first-order valence-electron chi connectivity index (χ1n) is 9.43. The number of piperidine rings is 1. The third kappa shape index (κ3) is 4.11. The van der Waals surface area contributed by atoms with Crippen LogP contribution < -0.4 is 15.0 Å². The van der Waals surface area contributed by atoms with Gasteiger partial charge in [0.2, 0.25) is 0 Å². The molecule has 1 amide bonds. The molecule has 2 heterocycles. The highest BCUT2D eigenvalue weighted by atomic mass is 16.6. The number of para-hydroxylation sites is 1. The van der Waals surface area contributed by atoms with Gasteiger partial charge in [-0.3, -0.25) is 14.9 Å². The van der Waals surface area contributed by atoms with Crippen molar-refractivity contribution in [2.24, 2.45) is 0 Å². The number of aryl methyl sites for hydroxylation is 2. The molecule has 3 rings (SSSR count). The van der Waals surface area contributed by atoms with Crippen LogP contribution in [0.1, 0.15) is 41.6 Å². The van der Waals surface area contributed by atoms with E-state index in [2.05, 4.69) is 5.32 Å². The van der Waals surface area contributed by atoms with Gasteiger partial charge in [-0.25, -0.2) is 0 Å². The van der Waals surface area contributed by atoms with Crippen LogP contribution in [-0.4, -0.2) is 36.6 Å². The Morgan fingerprint density at radius 3 is 2.64 bits per heavy atom. The second kappa shape index (κ2) is 8.33. The van der Waals surface area contributed by atoms with E-state index in [0.717, 1.165) is 0 Å². The number of benzene rings is 1. The summed E-state index contributed by atoms with van der Waals surface area (Å²) in [6.45, 7) is 6.98. The molecule has 1 aromatic heterocycles. The molecular formula is C20H25N3O5. The minimum absolute atomic E-state index is 0.00340. The minimum atomic E-state index is -0.391. The molecule has 1 N–H and O–H groups in total. The summed E-state index contributed by atoms with van der Waals surface area (Å²) < 4.78 is 10.9. The van der Waals surface area contributed by atoms with E-state index in [1.54, 1.807) is 38.1 Å². The van der Waals surface area contributed by atoms with Crippen LogP contribution >= 0.6 is 0 Å². The van der Waals surface area contributed by atoms with E-state index in [-0.39, 0.29) is 23.4 Å². The van der Waals surface area contributed by atoms with Crippen LogP contribution in [0.4, 0.5) is 11.4 Å². The van der Waals surface area contributed by atoms with E-state index in [9.17, 15) is 14.9 Å². The minimum Gasteiger partial charge on any atom is -0.487 e. The number of rotatable bonds is 6. The van der Waals surface area contributed by atoms with Crippen molar-refractivity contribution in [1.82, 2.24) is 5.32 Å². The van der Waals surface area contributed by atoms with E-state index in [1.807, 2.05) is 11.8 Å². The Hall–Kier alpha value is -3.03. The summed E-state index contributed by atoms with van der Waals surface area (Å²) in [5.74, 6) is 1.46. The van der Waals surface area contributed by atoms with Crippen LogP contribution in [0.3, 0.4) is 0 Å². The van der Waals surface area contributed by atoms with Crippen molar-refractivity contribution in [3.8, 4) is 5.75 Å². The maximum absolute atomic E-state index is 12.5. The summed E-state index contributed by atoms with van der Waals surface area (Å²) >= 11 is 0. The van der Waals surface area contributed by atoms with E-state index in [1.165, 1.54) is 0 Å². The quantitative estimate of drug-likeness (QED) is 0.601. The Kier molecular flexibility index (Phi) is 5.87. The number of hydrogen-bond donors (Lipinski definition) is 1. The molecule has 1 aromatic carbocycles. The van der Waals surface area contributed by atoms with Gasteiger partial charge in [-0.1, -0.05) is 6.07 Å². The van der Waals surface area contributed by atoms with Gasteiger partial charge >= 0.3 is 5.69 Å². The Morgan fingerprint density at radius 1 is 1.36 bits per heavy atom. The number of nitrogens with zero attached hydrogens (tertiary/aromatic N) is 2. The third-order valence-corrected chi connectivity index (χ3v) is 4.92. The highest BCUT2D eigenvalue weighted by Crippen LogP contribution is 2.38. The number of hydrogen-bond acceptors (Lipinski definition) is 6. The predicted octanol–water partition coefficient (Wildman–Crippen LogP) is 3.60. The van der Waals surface area contributed by atoms with Crippen LogP contribution in [0.25, 0.3) is 0 Å². The summed E-state index contributed by atoms with van der Waals surface area (Å²) in [7, 11) is 0. The normalized spacial score (nSPS) is 14.8. The number of ether oxygens (including phenoxy) is 1. The first-order valence-corrected chi connectivity index (χ1v) is 9.43. The lowest BCUT2D eigenvalue weighted by molar-refractivity contribution is -0.385. The van der Waals surface area contributed by atoms with Gasteiger partial charge in [0.25, 0.3) is 5.91 Å². The molecule has 8 heteroatoms. The van der Waals surface area contributed by atoms with Gasteiger partial charge in [0.15, 0.2) is 5.75 Å². The van der Waals surface area contributed by atoms with Gasteiger partial charge in [0.05, 0.1) is 17.1 Å². The molecule has 1 aliphatic rings. The van der Waals surface area contributed by atoms with Gasteiger partial charge < -0.3 is 19.4 Å². The Morgan fingerprint density at radius 2 is 2.07 bits per heavy atom. The topological polar surface area (TPSA) is 97.8 Å². The lowest BCUT2D eigenvalue weighted by Gasteiger charge is -2.33. The molecule has 0 spiro atoms. The molecule has 0 radical (unpaired) electrons. The first-order chi connectivity index (χ1) is 13.4. The van der Waals surface area contributed by atoms with Crippen LogP contribution in [0.2, 0.25) is 0 Å². The Balaban J connectivity index is 1.67. The maximum atomic E-state index is 12.5. The van der Waals surface area contributed by atoms with Crippen molar-refractivity contribution in [1.29, 1.82) is 0 Å². The van der Waals surface area contributed by atoms with E-state index < -0.39 is 4.92 Å². The summed E-state index contributed by atoms with van der Waals surface area (Å²) in [5, 5.41) is 14.6. The Labute approximate surface area is 163 Å². The lowest BCUT2D eigenvalue weighted by Crippen LogP contribution is -2.44. The maximum Gasteiger partial charge on any atom is 0.333 e. The second-order valence-electron chi connectivity index (χ2n) is 6.88. The Bertz CT molecular complexity index is 869. The molecule has 0 unspecified atom stereocenters. The van der Waals surface area contributed by atoms with Crippen molar-refractivity contribution in [2.45, 2.75) is 39.7 Å². The fourth-order valence-electron chi connectivity index (χ4n) is 3.61. The summed E-state index contributed by atoms with van der Waals surface area (Å²) in [6.07, 6.45) is 1.41. The molecule has 1 saturated heterocycles. The van der Waals surface area contributed by atoms with Gasteiger partial charge in [-0.05, 0) is 51.8 Å².